The first kappa shape index (κ1) is 18.0. The monoisotopic (exact) mass is 394 g/mol. The molecule has 2 amide bonds. The first-order chi connectivity index (χ1) is 13.6. The van der Waals surface area contributed by atoms with Crippen LogP contribution in [-0.4, -0.2) is 27.4 Å². The topological polar surface area (TPSA) is 89.2 Å². The van der Waals surface area contributed by atoms with Crippen molar-refractivity contribution in [3.8, 4) is 5.13 Å². The van der Waals surface area contributed by atoms with E-state index in [0.29, 0.717) is 11.3 Å². The number of amides is 2. The van der Waals surface area contributed by atoms with Gasteiger partial charge in [-0.25, -0.2) is 4.98 Å². The Morgan fingerprint density at radius 1 is 1.21 bits per heavy atom. The zero-order chi connectivity index (χ0) is 19.5. The molecule has 0 radical (unpaired) electrons. The Kier molecular flexibility index (Phi) is 4.94. The Morgan fingerprint density at radius 2 is 2.04 bits per heavy atom. The molecule has 1 atom stereocenters. The largest absolute Gasteiger partial charge is 0.467 e. The summed E-state index contributed by atoms with van der Waals surface area (Å²) in [5.41, 5.74) is 1.32. The Morgan fingerprint density at radius 3 is 2.79 bits per heavy atom. The van der Waals surface area contributed by atoms with Gasteiger partial charge in [0.25, 0.3) is 5.91 Å². The standard InChI is InChI=1S/C20H18N4O3S/c1-13(18(25)21-12-15-5-4-10-27-15)22-19(26)14-6-7-16-17(11-14)28-20(23-16)24-8-2-3-9-24/h2-11,13H,12H2,1H3,(H,21,25)(H,22,26)/t13-/m1/s1. The van der Waals surface area contributed by atoms with E-state index in [1.807, 2.05) is 35.2 Å². The van der Waals surface area contributed by atoms with Crippen molar-refractivity contribution in [2.75, 3.05) is 0 Å². The molecule has 0 aliphatic heterocycles. The molecule has 2 N–H and O–H groups in total. The summed E-state index contributed by atoms with van der Waals surface area (Å²) in [6, 6.07) is 12.0. The van der Waals surface area contributed by atoms with Gasteiger partial charge >= 0.3 is 0 Å². The second-order valence-corrected chi connectivity index (χ2v) is 7.27. The molecule has 3 aromatic heterocycles. The van der Waals surface area contributed by atoms with E-state index >= 15 is 0 Å². The van der Waals surface area contributed by atoms with E-state index < -0.39 is 6.04 Å². The van der Waals surface area contributed by atoms with Gasteiger partial charge in [0.1, 0.15) is 11.8 Å². The van der Waals surface area contributed by atoms with Gasteiger partial charge in [0.15, 0.2) is 5.13 Å². The number of hydrogen-bond acceptors (Lipinski definition) is 5. The quantitative estimate of drug-likeness (QED) is 0.526. The number of carbonyl (C=O) groups excluding carboxylic acids is 2. The maximum absolute atomic E-state index is 12.5. The van der Waals surface area contributed by atoms with Crippen LogP contribution < -0.4 is 10.6 Å². The number of aromatic nitrogens is 2. The molecule has 4 aromatic rings. The summed E-state index contributed by atoms with van der Waals surface area (Å²) in [5.74, 6) is 0.0676. The number of nitrogens with zero attached hydrogens (tertiary/aromatic N) is 2. The summed E-state index contributed by atoms with van der Waals surface area (Å²) in [6.07, 6.45) is 5.40. The minimum atomic E-state index is -0.671. The molecule has 0 spiro atoms. The number of rotatable bonds is 6. The normalized spacial score (nSPS) is 12.0. The molecule has 0 aliphatic carbocycles. The molecular formula is C20H18N4O3S. The van der Waals surface area contributed by atoms with E-state index in [-0.39, 0.29) is 18.4 Å². The molecular weight excluding hydrogens is 376 g/mol. The number of thiazole rings is 1. The van der Waals surface area contributed by atoms with E-state index in [4.69, 9.17) is 4.42 Å². The molecule has 0 bridgehead atoms. The van der Waals surface area contributed by atoms with Gasteiger partial charge in [-0.2, -0.15) is 0 Å². The van der Waals surface area contributed by atoms with Crippen molar-refractivity contribution in [2.45, 2.75) is 19.5 Å². The maximum atomic E-state index is 12.5. The summed E-state index contributed by atoms with van der Waals surface area (Å²) in [4.78, 5) is 29.3. The first-order valence-corrected chi connectivity index (χ1v) is 9.57. The predicted molar refractivity (Wildman–Crippen MR) is 106 cm³/mol. The highest BCUT2D eigenvalue weighted by atomic mass is 32.1. The first-order valence-electron chi connectivity index (χ1n) is 8.75. The van der Waals surface area contributed by atoms with Gasteiger partial charge in [0, 0.05) is 18.0 Å². The van der Waals surface area contributed by atoms with Gasteiger partial charge in [-0.05, 0) is 49.4 Å². The number of furan rings is 1. The molecule has 0 fully saturated rings. The van der Waals surface area contributed by atoms with Crippen molar-refractivity contribution in [1.29, 1.82) is 0 Å². The smallest absolute Gasteiger partial charge is 0.251 e. The van der Waals surface area contributed by atoms with Crippen LogP contribution in [0.2, 0.25) is 0 Å². The van der Waals surface area contributed by atoms with E-state index in [0.717, 1.165) is 15.3 Å². The highest BCUT2D eigenvalue weighted by Crippen LogP contribution is 2.26. The van der Waals surface area contributed by atoms with Gasteiger partial charge in [-0.15, -0.1) is 0 Å². The maximum Gasteiger partial charge on any atom is 0.251 e. The van der Waals surface area contributed by atoms with E-state index in [1.54, 1.807) is 37.5 Å². The molecule has 28 heavy (non-hydrogen) atoms. The third kappa shape index (κ3) is 3.81. The number of fused-ring (bicyclic) bond motifs is 1. The van der Waals surface area contributed by atoms with Gasteiger partial charge in [-0.3, -0.25) is 9.59 Å². The van der Waals surface area contributed by atoms with Crippen molar-refractivity contribution in [2.24, 2.45) is 0 Å². The van der Waals surface area contributed by atoms with Crippen LogP contribution in [0.3, 0.4) is 0 Å². The van der Waals surface area contributed by atoms with Crippen LogP contribution in [0.1, 0.15) is 23.0 Å². The lowest BCUT2D eigenvalue weighted by molar-refractivity contribution is -0.122. The van der Waals surface area contributed by atoms with Crippen LogP contribution >= 0.6 is 11.3 Å². The van der Waals surface area contributed by atoms with Gasteiger partial charge < -0.3 is 19.6 Å². The van der Waals surface area contributed by atoms with Crippen LogP contribution in [0, 0.1) is 0 Å². The lowest BCUT2D eigenvalue weighted by Gasteiger charge is -2.13. The van der Waals surface area contributed by atoms with Crippen molar-refractivity contribution in [3.63, 3.8) is 0 Å². The minimum absolute atomic E-state index is 0.279. The molecule has 3 heterocycles. The Hall–Kier alpha value is -3.39. The summed E-state index contributed by atoms with van der Waals surface area (Å²) in [7, 11) is 0. The van der Waals surface area contributed by atoms with Crippen LogP contribution in [0.15, 0.2) is 65.5 Å². The van der Waals surface area contributed by atoms with Crippen LogP contribution in [-0.2, 0) is 11.3 Å². The van der Waals surface area contributed by atoms with Crippen molar-refractivity contribution in [1.82, 2.24) is 20.2 Å². The Labute approximate surface area is 165 Å². The molecule has 7 nitrogen and oxygen atoms in total. The zero-order valence-electron chi connectivity index (χ0n) is 15.1. The Bertz CT molecular complexity index is 1100. The van der Waals surface area contributed by atoms with E-state index in [9.17, 15) is 9.59 Å². The number of hydrogen-bond donors (Lipinski definition) is 2. The summed E-state index contributed by atoms with van der Waals surface area (Å²) < 4.78 is 8.01. The van der Waals surface area contributed by atoms with Crippen molar-refractivity contribution < 1.29 is 14.0 Å². The fraction of sp³-hybridized carbons (Fsp3) is 0.150. The molecule has 0 aliphatic rings. The van der Waals surface area contributed by atoms with Crippen molar-refractivity contribution in [3.05, 3.63) is 72.4 Å². The zero-order valence-corrected chi connectivity index (χ0v) is 15.9. The molecule has 0 saturated carbocycles. The minimum Gasteiger partial charge on any atom is -0.467 e. The highest BCUT2D eigenvalue weighted by molar-refractivity contribution is 7.20. The number of nitrogens with one attached hydrogen (secondary N) is 2. The molecule has 4 rings (SSSR count). The molecule has 8 heteroatoms. The molecule has 142 valence electrons. The summed E-state index contributed by atoms with van der Waals surface area (Å²) >= 11 is 1.50. The average Bonchev–Trinajstić information content (AvgIpc) is 3.46. The predicted octanol–water partition coefficient (Wildman–Crippen LogP) is 3.11. The van der Waals surface area contributed by atoms with Crippen LogP contribution in [0.5, 0.6) is 0 Å². The SMILES string of the molecule is C[C@@H](NC(=O)c1ccc2nc(-n3cccc3)sc2c1)C(=O)NCc1ccco1. The lowest BCUT2D eigenvalue weighted by Crippen LogP contribution is -2.44. The highest BCUT2D eigenvalue weighted by Gasteiger charge is 2.17. The number of benzene rings is 1. The summed E-state index contributed by atoms with van der Waals surface area (Å²) in [6.45, 7) is 1.92. The molecule has 0 unspecified atom stereocenters. The van der Waals surface area contributed by atoms with Crippen LogP contribution in [0.4, 0.5) is 0 Å². The van der Waals surface area contributed by atoms with E-state index in [2.05, 4.69) is 15.6 Å². The summed E-state index contributed by atoms with van der Waals surface area (Å²) in [5, 5.41) is 6.29. The van der Waals surface area contributed by atoms with Crippen molar-refractivity contribution >= 4 is 33.4 Å². The van der Waals surface area contributed by atoms with Crippen LogP contribution in [0.25, 0.3) is 15.3 Å². The number of carbonyl (C=O) groups is 2. The second kappa shape index (κ2) is 7.69. The second-order valence-electron chi connectivity index (χ2n) is 6.26. The average molecular weight is 394 g/mol. The lowest BCUT2D eigenvalue weighted by atomic mass is 10.2. The molecule has 0 saturated heterocycles. The van der Waals surface area contributed by atoms with Gasteiger partial charge in [0.05, 0.1) is 23.0 Å². The third-order valence-corrected chi connectivity index (χ3v) is 5.25. The van der Waals surface area contributed by atoms with Gasteiger partial charge in [0.2, 0.25) is 5.91 Å². The fourth-order valence-corrected chi connectivity index (χ4v) is 3.68. The fourth-order valence-electron chi connectivity index (χ4n) is 2.71. The molecule has 1 aromatic carbocycles. The third-order valence-electron chi connectivity index (χ3n) is 4.22. The van der Waals surface area contributed by atoms with E-state index in [1.165, 1.54) is 11.3 Å². The van der Waals surface area contributed by atoms with Gasteiger partial charge in [-0.1, -0.05) is 11.3 Å². The Balaban J connectivity index is 1.42.